The summed E-state index contributed by atoms with van der Waals surface area (Å²) in [6.45, 7) is 4.54. The van der Waals surface area contributed by atoms with Crippen molar-refractivity contribution in [2.45, 2.75) is 45.1 Å². The predicted octanol–water partition coefficient (Wildman–Crippen LogP) is 5.09. The summed E-state index contributed by atoms with van der Waals surface area (Å²) >= 11 is 0. The van der Waals surface area contributed by atoms with E-state index in [1.807, 2.05) is 0 Å². The van der Waals surface area contributed by atoms with Crippen LogP contribution >= 0.6 is 0 Å². The van der Waals surface area contributed by atoms with Crippen molar-refractivity contribution < 1.29 is 0 Å². The molecule has 2 rings (SSSR count). The van der Waals surface area contributed by atoms with Crippen LogP contribution in [-0.4, -0.2) is 7.05 Å². The molecule has 0 aliphatic carbocycles. The first-order chi connectivity index (χ1) is 10.2. The van der Waals surface area contributed by atoms with Crippen LogP contribution in [0.3, 0.4) is 0 Å². The van der Waals surface area contributed by atoms with Crippen molar-refractivity contribution in [1.29, 1.82) is 0 Å². The van der Waals surface area contributed by atoms with Gasteiger partial charge in [0.25, 0.3) is 0 Å². The lowest BCUT2D eigenvalue weighted by atomic mass is 9.91. The monoisotopic (exact) mass is 281 g/mol. The van der Waals surface area contributed by atoms with Crippen LogP contribution in [0, 0.1) is 0 Å². The zero-order chi connectivity index (χ0) is 15.1. The van der Waals surface area contributed by atoms with Gasteiger partial charge in [0.15, 0.2) is 0 Å². The Labute approximate surface area is 129 Å². The highest BCUT2D eigenvalue weighted by atomic mass is 14.9. The zero-order valence-corrected chi connectivity index (χ0v) is 13.5. The first-order valence-electron chi connectivity index (χ1n) is 8.05. The van der Waals surface area contributed by atoms with Gasteiger partial charge in [-0.3, -0.25) is 0 Å². The average molecular weight is 281 g/mol. The summed E-state index contributed by atoms with van der Waals surface area (Å²) in [6.07, 6.45) is 3.48. The third-order valence-corrected chi connectivity index (χ3v) is 4.40. The fourth-order valence-corrected chi connectivity index (χ4v) is 2.83. The molecule has 1 heteroatoms. The van der Waals surface area contributed by atoms with E-state index in [1.165, 1.54) is 23.1 Å². The molecule has 2 atom stereocenters. The predicted molar refractivity (Wildman–Crippen MR) is 91.7 cm³/mol. The van der Waals surface area contributed by atoms with Gasteiger partial charge in [-0.15, -0.1) is 0 Å². The fraction of sp³-hybridized carbons (Fsp3) is 0.400. The first-order valence-corrected chi connectivity index (χ1v) is 8.05. The van der Waals surface area contributed by atoms with Crippen LogP contribution in [0.2, 0.25) is 0 Å². The molecule has 0 saturated heterocycles. The maximum Gasteiger partial charge on any atom is 0.0317 e. The van der Waals surface area contributed by atoms with Crippen molar-refractivity contribution in [2.75, 3.05) is 7.05 Å². The molecule has 0 fully saturated rings. The van der Waals surface area contributed by atoms with E-state index in [-0.39, 0.29) is 0 Å². The van der Waals surface area contributed by atoms with E-state index < -0.39 is 0 Å². The van der Waals surface area contributed by atoms with E-state index in [2.05, 4.69) is 80.8 Å². The van der Waals surface area contributed by atoms with Crippen molar-refractivity contribution >= 4 is 0 Å². The van der Waals surface area contributed by atoms with Gasteiger partial charge in [-0.25, -0.2) is 0 Å². The molecule has 21 heavy (non-hydrogen) atoms. The van der Waals surface area contributed by atoms with Crippen LogP contribution in [0.1, 0.15) is 55.3 Å². The van der Waals surface area contributed by atoms with Gasteiger partial charge >= 0.3 is 0 Å². The van der Waals surface area contributed by atoms with Gasteiger partial charge in [0.2, 0.25) is 0 Å². The van der Waals surface area contributed by atoms with E-state index >= 15 is 0 Å². The van der Waals surface area contributed by atoms with Gasteiger partial charge in [0.05, 0.1) is 0 Å². The van der Waals surface area contributed by atoms with Gasteiger partial charge in [-0.05, 0) is 48.9 Å². The molecule has 2 aromatic carbocycles. The Morgan fingerprint density at radius 1 is 0.857 bits per heavy atom. The molecule has 0 radical (unpaired) electrons. The van der Waals surface area contributed by atoms with Gasteiger partial charge < -0.3 is 5.32 Å². The summed E-state index contributed by atoms with van der Waals surface area (Å²) in [4.78, 5) is 0. The van der Waals surface area contributed by atoms with Gasteiger partial charge in [-0.2, -0.15) is 0 Å². The van der Waals surface area contributed by atoms with Crippen molar-refractivity contribution in [3.63, 3.8) is 0 Å². The Morgan fingerprint density at radius 3 is 2.10 bits per heavy atom. The summed E-state index contributed by atoms with van der Waals surface area (Å²) < 4.78 is 0. The van der Waals surface area contributed by atoms with Crippen LogP contribution < -0.4 is 5.32 Å². The lowest BCUT2D eigenvalue weighted by Crippen LogP contribution is -2.16. The molecule has 0 aliphatic rings. The van der Waals surface area contributed by atoms with Crippen molar-refractivity contribution in [3.8, 4) is 0 Å². The van der Waals surface area contributed by atoms with Crippen molar-refractivity contribution in [2.24, 2.45) is 0 Å². The minimum absolute atomic E-state index is 0.448. The third kappa shape index (κ3) is 4.44. The normalized spacial score (nSPS) is 13.9. The van der Waals surface area contributed by atoms with E-state index in [0.29, 0.717) is 12.0 Å². The van der Waals surface area contributed by atoms with Gasteiger partial charge in [0, 0.05) is 6.04 Å². The second-order valence-electron chi connectivity index (χ2n) is 5.83. The smallest absolute Gasteiger partial charge is 0.0317 e. The highest BCUT2D eigenvalue weighted by molar-refractivity contribution is 5.25. The molecule has 0 heterocycles. The lowest BCUT2D eigenvalue weighted by molar-refractivity contribution is 0.498. The quantitative estimate of drug-likeness (QED) is 0.745. The summed E-state index contributed by atoms with van der Waals surface area (Å²) in [5, 5.41) is 3.44. The van der Waals surface area contributed by atoms with E-state index in [9.17, 15) is 0 Å². The topological polar surface area (TPSA) is 12.0 Å². The maximum absolute atomic E-state index is 3.44. The van der Waals surface area contributed by atoms with Crippen LogP contribution in [0.25, 0.3) is 0 Å². The third-order valence-electron chi connectivity index (χ3n) is 4.40. The molecule has 2 aromatic rings. The van der Waals surface area contributed by atoms with Crippen LogP contribution in [0.5, 0.6) is 0 Å². The molecule has 0 aromatic heterocycles. The second kappa shape index (κ2) is 7.99. The Bertz CT molecular complexity index is 515. The minimum Gasteiger partial charge on any atom is -0.313 e. The number of benzene rings is 2. The Hall–Kier alpha value is -1.60. The number of hydrogen-bond acceptors (Lipinski definition) is 1. The summed E-state index contributed by atoms with van der Waals surface area (Å²) in [5.74, 6) is 0.607. The van der Waals surface area contributed by atoms with E-state index in [4.69, 9.17) is 0 Å². The molecule has 1 N–H and O–H groups in total. The summed E-state index contributed by atoms with van der Waals surface area (Å²) in [5.41, 5.74) is 4.26. The Balaban J connectivity index is 1.94. The SMILES string of the molecule is CCc1ccc(C(C)CCC(NC)c2ccccc2)cc1. The molecule has 0 saturated carbocycles. The molecule has 0 aliphatic heterocycles. The van der Waals surface area contributed by atoms with Crippen LogP contribution in [0.15, 0.2) is 54.6 Å². The van der Waals surface area contributed by atoms with Gasteiger partial charge in [0.1, 0.15) is 0 Å². The molecule has 112 valence electrons. The zero-order valence-electron chi connectivity index (χ0n) is 13.5. The van der Waals surface area contributed by atoms with Crippen molar-refractivity contribution in [1.82, 2.24) is 5.32 Å². The van der Waals surface area contributed by atoms with Crippen LogP contribution in [0.4, 0.5) is 0 Å². The molecule has 2 unspecified atom stereocenters. The Kier molecular flexibility index (Phi) is 6.01. The number of nitrogens with one attached hydrogen (secondary N) is 1. The second-order valence-corrected chi connectivity index (χ2v) is 5.83. The molecule has 1 nitrogen and oxygen atoms in total. The maximum atomic E-state index is 3.44. The van der Waals surface area contributed by atoms with E-state index in [1.54, 1.807) is 0 Å². The first kappa shape index (κ1) is 15.8. The molecular weight excluding hydrogens is 254 g/mol. The number of aryl methyl sites for hydroxylation is 1. The number of rotatable bonds is 7. The highest BCUT2D eigenvalue weighted by Crippen LogP contribution is 2.26. The average Bonchev–Trinajstić information content (AvgIpc) is 2.56. The highest BCUT2D eigenvalue weighted by Gasteiger charge is 2.12. The van der Waals surface area contributed by atoms with Crippen molar-refractivity contribution in [3.05, 3.63) is 71.3 Å². The lowest BCUT2D eigenvalue weighted by Gasteiger charge is -2.19. The molecule has 0 spiro atoms. The summed E-state index contributed by atoms with van der Waals surface area (Å²) in [6, 6.07) is 20.3. The fourth-order valence-electron chi connectivity index (χ4n) is 2.83. The molecule has 0 amide bonds. The molecular formula is C20H27N. The van der Waals surface area contributed by atoms with Crippen LogP contribution in [-0.2, 0) is 6.42 Å². The number of hydrogen-bond donors (Lipinski definition) is 1. The largest absolute Gasteiger partial charge is 0.313 e. The molecule has 0 bridgehead atoms. The van der Waals surface area contributed by atoms with E-state index in [0.717, 1.165) is 12.8 Å². The minimum atomic E-state index is 0.448. The van der Waals surface area contributed by atoms with Gasteiger partial charge in [-0.1, -0.05) is 68.4 Å². The summed E-state index contributed by atoms with van der Waals surface area (Å²) in [7, 11) is 2.05. The Morgan fingerprint density at radius 2 is 1.52 bits per heavy atom. The standard InChI is InChI=1S/C20H27N/c1-4-17-11-13-18(14-12-17)16(2)10-15-20(21-3)19-8-6-5-7-9-19/h5-9,11-14,16,20-21H,4,10,15H2,1-3H3.